The standard InChI is InChI=1S/C7H13O2/c1-3-4-5-6-9-7(2)8/h4H,3,5-6H2,1-2H3. The van der Waals surface area contributed by atoms with Crippen LogP contribution in [0, 0.1) is 6.42 Å². The number of esters is 1. The molecule has 0 saturated heterocycles. The van der Waals surface area contributed by atoms with Crippen molar-refractivity contribution in [3.63, 3.8) is 0 Å². The van der Waals surface area contributed by atoms with Crippen LogP contribution in [0.2, 0.25) is 0 Å². The molecule has 2 heteroatoms. The predicted molar refractivity (Wildman–Crippen MR) is 35.8 cm³/mol. The molecular weight excluding hydrogens is 116 g/mol. The predicted octanol–water partition coefficient (Wildman–Crippen LogP) is 1.55. The molecule has 0 fully saturated rings. The summed E-state index contributed by atoms with van der Waals surface area (Å²) < 4.78 is 4.67. The van der Waals surface area contributed by atoms with Gasteiger partial charge >= 0.3 is 5.97 Å². The average Bonchev–Trinajstić information content (AvgIpc) is 1.80. The fourth-order valence-corrected chi connectivity index (χ4v) is 0.490. The zero-order chi connectivity index (χ0) is 7.11. The highest BCUT2D eigenvalue weighted by molar-refractivity contribution is 5.65. The maximum absolute atomic E-state index is 10.2. The average molecular weight is 129 g/mol. The molecule has 0 aromatic rings. The van der Waals surface area contributed by atoms with E-state index in [1.807, 2.05) is 0 Å². The molecular formula is C7H13O2. The van der Waals surface area contributed by atoms with Crippen molar-refractivity contribution in [3.05, 3.63) is 6.42 Å². The first-order valence-corrected chi connectivity index (χ1v) is 3.22. The lowest BCUT2D eigenvalue weighted by atomic mass is 10.3. The lowest BCUT2D eigenvalue weighted by molar-refractivity contribution is -0.140. The van der Waals surface area contributed by atoms with Gasteiger partial charge in [-0.1, -0.05) is 13.3 Å². The Labute approximate surface area is 56.2 Å². The monoisotopic (exact) mass is 129 g/mol. The lowest BCUT2D eigenvalue weighted by Crippen LogP contribution is -1.99. The van der Waals surface area contributed by atoms with Crippen molar-refractivity contribution in [2.24, 2.45) is 0 Å². The molecule has 0 amide bonds. The minimum absolute atomic E-state index is 0.195. The number of hydrogen-bond acceptors (Lipinski definition) is 2. The van der Waals surface area contributed by atoms with Crippen molar-refractivity contribution in [1.29, 1.82) is 0 Å². The zero-order valence-electron chi connectivity index (χ0n) is 6.02. The van der Waals surface area contributed by atoms with E-state index in [1.54, 1.807) is 0 Å². The molecule has 9 heavy (non-hydrogen) atoms. The number of carbonyl (C=O) groups excluding carboxylic acids is 1. The maximum Gasteiger partial charge on any atom is 0.302 e. The summed E-state index contributed by atoms with van der Waals surface area (Å²) in [6.45, 7) is 4.02. The number of rotatable bonds is 4. The maximum atomic E-state index is 10.2. The Hall–Kier alpha value is -0.530. The van der Waals surface area contributed by atoms with Crippen LogP contribution in [-0.2, 0) is 9.53 Å². The van der Waals surface area contributed by atoms with Crippen molar-refractivity contribution in [1.82, 2.24) is 0 Å². The van der Waals surface area contributed by atoms with Crippen molar-refractivity contribution >= 4 is 5.97 Å². The fraction of sp³-hybridized carbons (Fsp3) is 0.714. The number of hydrogen-bond donors (Lipinski definition) is 0. The van der Waals surface area contributed by atoms with Crippen molar-refractivity contribution < 1.29 is 9.53 Å². The highest BCUT2D eigenvalue weighted by Crippen LogP contribution is 1.91. The van der Waals surface area contributed by atoms with E-state index in [1.165, 1.54) is 6.92 Å². The molecule has 0 heterocycles. The van der Waals surface area contributed by atoms with Gasteiger partial charge in [0.15, 0.2) is 0 Å². The topological polar surface area (TPSA) is 26.3 Å². The molecule has 0 N–H and O–H groups in total. The Morgan fingerprint density at radius 3 is 2.78 bits per heavy atom. The summed E-state index contributed by atoms with van der Waals surface area (Å²) in [7, 11) is 0. The molecule has 0 spiro atoms. The third kappa shape index (κ3) is 7.47. The Balaban J connectivity index is 2.83. The molecule has 1 radical (unpaired) electrons. The number of carbonyl (C=O) groups is 1. The van der Waals surface area contributed by atoms with Crippen LogP contribution in [-0.4, -0.2) is 12.6 Å². The van der Waals surface area contributed by atoms with Crippen molar-refractivity contribution in [3.8, 4) is 0 Å². The van der Waals surface area contributed by atoms with E-state index < -0.39 is 0 Å². The first kappa shape index (κ1) is 8.47. The summed E-state index contributed by atoms with van der Waals surface area (Å²) in [6, 6.07) is 0. The molecule has 0 saturated carbocycles. The molecule has 0 bridgehead atoms. The van der Waals surface area contributed by atoms with Crippen LogP contribution in [0.15, 0.2) is 0 Å². The zero-order valence-corrected chi connectivity index (χ0v) is 6.02. The Morgan fingerprint density at radius 1 is 1.67 bits per heavy atom. The molecule has 0 rings (SSSR count). The Bertz CT molecular complexity index is 79.0. The second kappa shape index (κ2) is 5.60. The van der Waals surface area contributed by atoms with Gasteiger partial charge in [-0.15, -0.1) is 0 Å². The van der Waals surface area contributed by atoms with Crippen LogP contribution >= 0.6 is 0 Å². The molecule has 0 aromatic carbocycles. The van der Waals surface area contributed by atoms with E-state index in [0.717, 1.165) is 12.8 Å². The van der Waals surface area contributed by atoms with E-state index in [4.69, 9.17) is 0 Å². The molecule has 0 aliphatic rings. The van der Waals surface area contributed by atoms with Crippen LogP contribution in [0.25, 0.3) is 0 Å². The van der Waals surface area contributed by atoms with Crippen molar-refractivity contribution in [2.75, 3.05) is 6.61 Å². The van der Waals surface area contributed by atoms with E-state index in [-0.39, 0.29) is 5.97 Å². The van der Waals surface area contributed by atoms with Gasteiger partial charge in [-0.25, -0.2) is 0 Å². The molecule has 0 aliphatic heterocycles. The van der Waals surface area contributed by atoms with E-state index in [0.29, 0.717) is 6.61 Å². The SMILES string of the molecule is CC[CH]CCOC(C)=O. The molecule has 53 valence electrons. The van der Waals surface area contributed by atoms with E-state index in [9.17, 15) is 4.79 Å². The first-order valence-electron chi connectivity index (χ1n) is 3.22. The summed E-state index contributed by atoms with van der Waals surface area (Å²) in [5.41, 5.74) is 0. The van der Waals surface area contributed by atoms with Gasteiger partial charge in [0.1, 0.15) is 0 Å². The summed E-state index contributed by atoms with van der Waals surface area (Å²) >= 11 is 0. The van der Waals surface area contributed by atoms with Crippen LogP contribution in [0.5, 0.6) is 0 Å². The van der Waals surface area contributed by atoms with Gasteiger partial charge in [0, 0.05) is 6.92 Å². The van der Waals surface area contributed by atoms with Gasteiger partial charge in [0.2, 0.25) is 0 Å². The van der Waals surface area contributed by atoms with Crippen LogP contribution < -0.4 is 0 Å². The van der Waals surface area contributed by atoms with Gasteiger partial charge in [-0.3, -0.25) is 4.79 Å². The van der Waals surface area contributed by atoms with Gasteiger partial charge in [0.05, 0.1) is 6.61 Å². The largest absolute Gasteiger partial charge is 0.466 e. The Morgan fingerprint density at radius 2 is 2.33 bits per heavy atom. The highest BCUT2D eigenvalue weighted by atomic mass is 16.5. The third-order valence-electron chi connectivity index (χ3n) is 0.916. The minimum Gasteiger partial charge on any atom is -0.466 e. The summed E-state index contributed by atoms with van der Waals surface area (Å²) in [6.07, 6.45) is 4.00. The molecule has 0 aliphatic carbocycles. The van der Waals surface area contributed by atoms with E-state index in [2.05, 4.69) is 18.1 Å². The summed E-state index contributed by atoms with van der Waals surface area (Å²) in [4.78, 5) is 10.2. The second-order valence-corrected chi connectivity index (χ2v) is 1.83. The van der Waals surface area contributed by atoms with E-state index >= 15 is 0 Å². The second-order valence-electron chi connectivity index (χ2n) is 1.83. The molecule has 0 unspecified atom stereocenters. The van der Waals surface area contributed by atoms with Gasteiger partial charge in [0.25, 0.3) is 0 Å². The van der Waals surface area contributed by atoms with Gasteiger partial charge in [-0.2, -0.15) is 0 Å². The van der Waals surface area contributed by atoms with Gasteiger partial charge < -0.3 is 4.74 Å². The highest BCUT2D eigenvalue weighted by Gasteiger charge is 1.90. The minimum atomic E-state index is -0.195. The normalized spacial score (nSPS) is 9.11. The quantitative estimate of drug-likeness (QED) is 0.425. The lowest BCUT2D eigenvalue weighted by Gasteiger charge is -1.97. The molecule has 0 aromatic heterocycles. The van der Waals surface area contributed by atoms with Crippen LogP contribution in [0.3, 0.4) is 0 Å². The summed E-state index contributed by atoms with van der Waals surface area (Å²) in [5.74, 6) is -0.195. The third-order valence-corrected chi connectivity index (χ3v) is 0.916. The molecule has 2 nitrogen and oxygen atoms in total. The van der Waals surface area contributed by atoms with Crippen molar-refractivity contribution in [2.45, 2.75) is 26.7 Å². The molecule has 0 atom stereocenters. The summed E-state index contributed by atoms with van der Waals surface area (Å²) in [5, 5.41) is 0. The fourth-order valence-electron chi connectivity index (χ4n) is 0.490. The number of unbranched alkanes of at least 4 members (excludes halogenated alkanes) is 2. The smallest absolute Gasteiger partial charge is 0.302 e. The van der Waals surface area contributed by atoms with Gasteiger partial charge in [-0.05, 0) is 12.8 Å². The van der Waals surface area contributed by atoms with Crippen LogP contribution in [0.4, 0.5) is 0 Å². The van der Waals surface area contributed by atoms with Crippen LogP contribution in [0.1, 0.15) is 26.7 Å². The Kier molecular flexibility index (Phi) is 5.27. The number of ether oxygens (including phenoxy) is 1. The first-order chi connectivity index (χ1) is 4.27.